The lowest BCUT2D eigenvalue weighted by molar-refractivity contribution is 1.31. The smallest absolute Gasteiger partial charge is 0.0992 e. The minimum atomic E-state index is 0.558. The molecule has 2 nitrogen and oxygen atoms in total. The third kappa shape index (κ3) is 3.08. The lowest BCUT2D eigenvalue weighted by atomic mass is 10.1. The van der Waals surface area contributed by atoms with Gasteiger partial charge in [0.2, 0.25) is 0 Å². The van der Waals surface area contributed by atoms with Gasteiger partial charge in [-0.1, -0.05) is 29.5 Å². The average Bonchev–Trinajstić information content (AvgIpc) is 2.37. The van der Waals surface area contributed by atoms with Crippen molar-refractivity contribution in [3.8, 4) is 17.9 Å². The van der Waals surface area contributed by atoms with Crippen LogP contribution >= 0.6 is 11.6 Å². The topological polar surface area (TPSA) is 36.7 Å². The van der Waals surface area contributed by atoms with Crippen LogP contribution in [0.3, 0.4) is 0 Å². The number of halogens is 1. The number of nitrogens with zero attached hydrogens (tertiary/aromatic N) is 2. The highest BCUT2D eigenvalue weighted by atomic mass is 35.5. The molecule has 0 fully saturated rings. The van der Waals surface area contributed by atoms with E-state index in [1.807, 2.05) is 6.07 Å². The largest absolute Gasteiger partial charge is 0.262 e. The molecule has 0 atom stereocenters. The zero-order valence-electron chi connectivity index (χ0n) is 8.81. The number of hydrogen-bond donors (Lipinski definition) is 0. The second-order valence-electron chi connectivity index (χ2n) is 3.33. The van der Waals surface area contributed by atoms with E-state index in [0.717, 1.165) is 11.1 Å². The van der Waals surface area contributed by atoms with Crippen LogP contribution in [0.4, 0.5) is 0 Å². The lowest BCUT2D eigenvalue weighted by Gasteiger charge is -1.92. The fourth-order valence-corrected chi connectivity index (χ4v) is 1.46. The summed E-state index contributed by atoms with van der Waals surface area (Å²) in [6.07, 6.45) is 3.20. The van der Waals surface area contributed by atoms with Crippen molar-refractivity contribution in [1.82, 2.24) is 4.98 Å². The van der Waals surface area contributed by atoms with Gasteiger partial charge in [-0.2, -0.15) is 5.26 Å². The van der Waals surface area contributed by atoms with Crippen LogP contribution in [-0.2, 0) is 0 Å². The monoisotopic (exact) mass is 238 g/mol. The molecule has 0 aliphatic rings. The van der Waals surface area contributed by atoms with Gasteiger partial charge in [-0.15, -0.1) is 0 Å². The summed E-state index contributed by atoms with van der Waals surface area (Å²) in [6.45, 7) is 0. The molecule has 1 aromatic carbocycles. The summed E-state index contributed by atoms with van der Waals surface area (Å²) in [5.74, 6) is 5.91. The lowest BCUT2D eigenvalue weighted by Crippen LogP contribution is -1.80. The summed E-state index contributed by atoms with van der Waals surface area (Å²) in [7, 11) is 0. The molecule has 3 heteroatoms. The molecule has 1 aromatic heterocycles. The van der Waals surface area contributed by atoms with Gasteiger partial charge in [0.25, 0.3) is 0 Å². The average molecular weight is 239 g/mol. The van der Waals surface area contributed by atoms with Gasteiger partial charge in [0, 0.05) is 23.5 Å². The molecule has 0 bridgehead atoms. The van der Waals surface area contributed by atoms with Crippen molar-refractivity contribution in [3.05, 3.63) is 64.4 Å². The molecule has 0 saturated carbocycles. The standard InChI is InChI=1S/C14H7ClN2/c15-14-7-13(9-17-10-14)5-4-11-2-1-3-12(6-11)8-16/h1-3,6-7,9-10H. The van der Waals surface area contributed by atoms with Gasteiger partial charge >= 0.3 is 0 Å². The third-order valence-corrected chi connectivity index (χ3v) is 2.25. The van der Waals surface area contributed by atoms with Gasteiger partial charge < -0.3 is 0 Å². The first kappa shape index (κ1) is 11.2. The molecule has 17 heavy (non-hydrogen) atoms. The molecule has 0 aliphatic heterocycles. The Bertz CT molecular complexity index is 645. The molecule has 0 aliphatic carbocycles. The summed E-state index contributed by atoms with van der Waals surface area (Å²) < 4.78 is 0. The first-order valence-corrected chi connectivity index (χ1v) is 5.28. The second-order valence-corrected chi connectivity index (χ2v) is 3.77. The van der Waals surface area contributed by atoms with Crippen LogP contribution in [0.2, 0.25) is 5.02 Å². The Morgan fingerprint density at radius 2 is 1.76 bits per heavy atom. The van der Waals surface area contributed by atoms with Crippen molar-refractivity contribution < 1.29 is 0 Å². The second kappa shape index (κ2) is 5.16. The molecular weight excluding hydrogens is 232 g/mol. The van der Waals surface area contributed by atoms with Crippen LogP contribution in [0.1, 0.15) is 16.7 Å². The Labute approximate surface area is 104 Å². The molecule has 1 heterocycles. The van der Waals surface area contributed by atoms with Crippen molar-refractivity contribution in [2.75, 3.05) is 0 Å². The SMILES string of the molecule is N#Cc1cccc(C#Cc2cncc(Cl)c2)c1. The van der Waals surface area contributed by atoms with E-state index < -0.39 is 0 Å². The van der Waals surface area contributed by atoms with E-state index in [1.54, 1.807) is 36.7 Å². The van der Waals surface area contributed by atoms with E-state index in [1.165, 1.54) is 0 Å². The first-order valence-electron chi connectivity index (χ1n) is 4.91. The summed E-state index contributed by atoms with van der Waals surface area (Å²) in [4.78, 5) is 3.94. The highest BCUT2D eigenvalue weighted by Gasteiger charge is 1.92. The van der Waals surface area contributed by atoms with Crippen LogP contribution in [0.15, 0.2) is 42.7 Å². The molecule has 0 N–H and O–H groups in total. The number of rotatable bonds is 0. The summed E-state index contributed by atoms with van der Waals surface area (Å²) in [5.41, 5.74) is 2.14. The van der Waals surface area contributed by atoms with E-state index in [9.17, 15) is 0 Å². The highest BCUT2D eigenvalue weighted by Crippen LogP contribution is 2.08. The first-order chi connectivity index (χ1) is 8.28. The van der Waals surface area contributed by atoms with Crippen molar-refractivity contribution in [2.24, 2.45) is 0 Å². The quantitative estimate of drug-likeness (QED) is 0.662. The number of benzene rings is 1. The van der Waals surface area contributed by atoms with Gasteiger partial charge in [0.1, 0.15) is 0 Å². The zero-order chi connectivity index (χ0) is 12.1. The fourth-order valence-electron chi connectivity index (χ4n) is 1.29. The Kier molecular flexibility index (Phi) is 3.40. The van der Waals surface area contributed by atoms with E-state index in [2.05, 4.69) is 22.9 Å². The molecule has 0 spiro atoms. The van der Waals surface area contributed by atoms with Crippen molar-refractivity contribution in [3.63, 3.8) is 0 Å². The van der Waals surface area contributed by atoms with E-state index in [4.69, 9.17) is 16.9 Å². The summed E-state index contributed by atoms with van der Waals surface area (Å²) in [6, 6.07) is 11.0. The third-order valence-electron chi connectivity index (χ3n) is 2.05. The van der Waals surface area contributed by atoms with Crippen LogP contribution < -0.4 is 0 Å². The summed E-state index contributed by atoms with van der Waals surface area (Å²) in [5, 5.41) is 9.32. The Balaban J connectivity index is 2.30. The van der Waals surface area contributed by atoms with Crippen molar-refractivity contribution >= 4 is 11.6 Å². The van der Waals surface area contributed by atoms with Crippen LogP contribution in [-0.4, -0.2) is 4.98 Å². The van der Waals surface area contributed by atoms with Gasteiger partial charge in [-0.25, -0.2) is 0 Å². The normalized spacial score (nSPS) is 8.94. The molecule has 0 amide bonds. The van der Waals surface area contributed by atoms with Crippen molar-refractivity contribution in [1.29, 1.82) is 5.26 Å². The Morgan fingerprint density at radius 3 is 2.53 bits per heavy atom. The molecule has 0 radical (unpaired) electrons. The maximum Gasteiger partial charge on any atom is 0.0992 e. The number of aromatic nitrogens is 1. The molecule has 2 aromatic rings. The highest BCUT2D eigenvalue weighted by molar-refractivity contribution is 6.30. The van der Waals surface area contributed by atoms with Gasteiger partial charge in [-0.05, 0) is 24.3 Å². The minimum absolute atomic E-state index is 0.558. The maximum absolute atomic E-state index is 8.76. The van der Waals surface area contributed by atoms with Gasteiger partial charge in [0.05, 0.1) is 16.7 Å². The predicted octanol–water partition coefficient (Wildman–Crippen LogP) is 3.01. The molecule has 80 valence electrons. The van der Waals surface area contributed by atoms with Gasteiger partial charge in [0.15, 0.2) is 0 Å². The van der Waals surface area contributed by atoms with Crippen LogP contribution in [0.5, 0.6) is 0 Å². The van der Waals surface area contributed by atoms with Crippen molar-refractivity contribution in [2.45, 2.75) is 0 Å². The molecule has 0 saturated heterocycles. The summed E-state index contributed by atoms with van der Waals surface area (Å²) >= 11 is 5.80. The molecule has 0 unspecified atom stereocenters. The molecule has 2 rings (SSSR count). The number of nitriles is 1. The molecular formula is C14H7ClN2. The minimum Gasteiger partial charge on any atom is -0.262 e. The zero-order valence-corrected chi connectivity index (χ0v) is 9.57. The van der Waals surface area contributed by atoms with Crippen LogP contribution in [0, 0.1) is 23.2 Å². The number of hydrogen-bond acceptors (Lipinski definition) is 2. The van der Waals surface area contributed by atoms with Crippen LogP contribution in [0.25, 0.3) is 0 Å². The maximum atomic E-state index is 8.76. The predicted molar refractivity (Wildman–Crippen MR) is 66.4 cm³/mol. The Hall–Kier alpha value is -2.29. The Morgan fingerprint density at radius 1 is 1.00 bits per heavy atom. The van der Waals surface area contributed by atoms with Gasteiger partial charge in [-0.3, -0.25) is 4.98 Å². The fraction of sp³-hybridized carbons (Fsp3) is 0. The number of pyridine rings is 1. The van der Waals surface area contributed by atoms with E-state index >= 15 is 0 Å². The van der Waals surface area contributed by atoms with E-state index in [0.29, 0.717) is 10.6 Å². The van der Waals surface area contributed by atoms with E-state index in [-0.39, 0.29) is 0 Å².